The Hall–Kier alpha value is -1.13. The predicted molar refractivity (Wildman–Crippen MR) is 70.4 cm³/mol. The van der Waals surface area contributed by atoms with Gasteiger partial charge in [0.25, 0.3) is 0 Å². The summed E-state index contributed by atoms with van der Waals surface area (Å²) < 4.78 is 2.99. The lowest BCUT2D eigenvalue weighted by Crippen LogP contribution is -2.18. The van der Waals surface area contributed by atoms with Gasteiger partial charge in [-0.1, -0.05) is 12.1 Å². The zero-order valence-electron chi connectivity index (χ0n) is 9.95. The van der Waals surface area contributed by atoms with Crippen LogP contribution in [0.25, 0.3) is 11.0 Å². The van der Waals surface area contributed by atoms with Crippen molar-refractivity contribution in [2.24, 2.45) is 0 Å². The van der Waals surface area contributed by atoms with Gasteiger partial charge in [-0.25, -0.2) is 0 Å². The van der Waals surface area contributed by atoms with Crippen LogP contribution in [0.2, 0.25) is 0 Å². The number of likely N-dealkylation sites (N-methyl/N-ethyl adjacent to an activating group) is 1. The third-order valence-electron chi connectivity index (χ3n) is 2.77. The monoisotopic (exact) mass is 235 g/mol. The highest BCUT2D eigenvalue weighted by Crippen LogP contribution is 2.18. The highest BCUT2D eigenvalue weighted by molar-refractivity contribution is 7.71. The fourth-order valence-electron chi connectivity index (χ4n) is 1.92. The van der Waals surface area contributed by atoms with Gasteiger partial charge >= 0.3 is 0 Å². The van der Waals surface area contributed by atoms with Crippen molar-refractivity contribution in [1.82, 2.24) is 14.5 Å². The van der Waals surface area contributed by atoms with Crippen LogP contribution < -0.4 is 0 Å². The average Bonchev–Trinajstić information content (AvgIpc) is 2.52. The lowest BCUT2D eigenvalue weighted by atomic mass is 10.2. The van der Waals surface area contributed by atoms with Crippen molar-refractivity contribution < 1.29 is 0 Å². The molecule has 0 aliphatic heterocycles. The number of para-hydroxylation sites is 1. The number of hydrogen-bond acceptors (Lipinski definition) is 2. The normalized spacial score (nSPS) is 11.5. The molecule has 3 nitrogen and oxygen atoms in total. The highest BCUT2D eigenvalue weighted by atomic mass is 32.1. The second-order valence-corrected chi connectivity index (χ2v) is 4.74. The van der Waals surface area contributed by atoms with Crippen molar-refractivity contribution in [3.8, 4) is 0 Å². The lowest BCUT2D eigenvalue weighted by Gasteiger charge is -2.11. The van der Waals surface area contributed by atoms with E-state index in [1.54, 1.807) is 0 Å². The third-order valence-corrected chi connectivity index (χ3v) is 3.09. The number of rotatable bonds is 3. The summed E-state index contributed by atoms with van der Waals surface area (Å²) in [5.74, 6) is 0. The summed E-state index contributed by atoms with van der Waals surface area (Å²) in [6.45, 7) is 4.05. The largest absolute Gasteiger partial charge is 0.331 e. The fraction of sp³-hybridized carbons (Fsp3) is 0.417. The van der Waals surface area contributed by atoms with Crippen LogP contribution in [0.1, 0.15) is 5.56 Å². The third kappa shape index (κ3) is 2.03. The van der Waals surface area contributed by atoms with E-state index in [-0.39, 0.29) is 0 Å². The van der Waals surface area contributed by atoms with Crippen LogP contribution in [0, 0.1) is 11.7 Å². The lowest BCUT2D eigenvalue weighted by molar-refractivity contribution is 0.385. The Morgan fingerprint density at radius 3 is 2.81 bits per heavy atom. The molecular formula is C12H17N3S. The Morgan fingerprint density at radius 2 is 2.12 bits per heavy atom. The molecule has 0 saturated heterocycles. The van der Waals surface area contributed by atoms with E-state index < -0.39 is 0 Å². The molecule has 0 bridgehead atoms. The number of hydrogen-bond donors (Lipinski definition) is 1. The van der Waals surface area contributed by atoms with E-state index in [2.05, 4.69) is 53.7 Å². The first-order valence-corrected chi connectivity index (χ1v) is 5.83. The van der Waals surface area contributed by atoms with Gasteiger partial charge in [0.2, 0.25) is 0 Å². The van der Waals surface area contributed by atoms with Crippen LogP contribution in [0.4, 0.5) is 0 Å². The van der Waals surface area contributed by atoms with Crippen molar-refractivity contribution in [1.29, 1.82) is 0 Å². The van der Waals surface area contributed by atoms with Crippen molar-refractivity contribution in [3.05, 3.63) is 28.5 Å². The minimum Gasteiger partial charge on any atom is -0.331 e. The number of nitrogens with one attached hydrogen (secondary N) is 1. The quantitative estimate of drug-likeness (QED) is 0.827. The summed E-state index contributed by atoms with van der Waals surface area (Å²) >= 11 is 5.35. The van der Waals surface area contributed by atoms with Gasteiger partial charge in [-0.15, -0.1) is 0 Å². The van der Waals surface area contributed by atoms with Gasteiger partial charge in [-0.05, 0) is 44.9 Å². The Labute approximate surface area is 101 Å². The number of H-pyrrole nitrogens is 1. The molecule has 0 radical (unpaired) electrons. The SMILES string of the molecule is Cc1cccc2[nH]c(=S)n(CCN(C)C)c12. The molecule has 0 spiro atoms. The minimum absolute atomic E-state index is 0.811. The van der Waals surface area contributed by atoms with Crippen molar-refractivity contribution in [2.45, 2.75) is 13.5 Å². The van der Waals surface area contributed by atoms with Gasteiger partial charge in [-0.2, -0.15) is 0 Å². The highest BCUT2D eigenvalue weighted by Gasteiger charge is 2.06. The van der Waals surface area contributed by atoms with Gasteiger partial charge < -0.3 is 14.5 Å². The number of aromatic amines is 1. The number of nitrogens with zero attached hydrogens (tertiary/aromatic N) is 2. The molecule has 2 rings (SSSR count). The molecule has 0 unspecified atom stereocenters. The maximum absolute atomic E-state index is 5.35. The van der Waals surface area contributed by atoms with E-state index >= 15 is 0 Å². The smallest absolute Gasteiger partial charge is 0.178 e. The summed E-state index contributed by atoms with van der Waals surface area (Å²) in [5, 5.41) is 0. The van der Waals surface area contributed by atoms with E-state index in [0.29, 0.717) is 0 Å². The predicted octanol–water partition coefficient (Wildman–Crippen LogP) is 2.57. The summed E-state index contributed by atoms with van der Waals surface area (Å²) in [6, 6.07) is 6.25. The van der Waals surface area contributed by atoms with E-state index in [0.717, 1.165) is 23.4 Å². The summed E-state index contributed by atoms with van der Waals surface area (Å²) in [6.07, 6.45) is 0. The summed E-state index contributed by atoms with van der Waals surface area (Å²) in [7, 11) is 4.15. The van der Waals surface area contributed by atoms with Gasteiger partial charge in [0.05, 0.1) is 11.0 Å². The average molecular weight is 235 g/mol. The van der Waals surface area contributed by atoms with E-state index in [1.807, 2.05) is 0 Å². The first kappa shape index (κ1) is 11.4. The topological polar surface area (TPSA) is 24.0 Å². The molecule has 1 aromatic heterocycles. The number of aryl methyl sites for hydroxylation is 1. The van der Waals surface area contributed by atoms with Gasteiger partial charge in [0.1, 0.15) is 0 Å². The van der Waals surface area contributed by atoms with E-state index in [9.17, 15) is 0 Å². The van der Waals surface area contributed by atoms with Crippen LogP contribution >= 0.6 is 12.2 Å². The van der Waals surface area contributed by atoms with Gasteiger partial charge in [-0.3, -0.25) is 0 Å². The molecule has 0 saturated carbocycles. The molecule has 0 aliphatic rings. The number of imidazole rings is 1. The molecule has 1 aromatic carbocycles. The fourth-order valence-corrected chi connectivity index (χ4v) is 2.21. The number of fused-ring (bicyclic) bond motifs is 1. The molecule has 1 N–H and O–H groups in total. The Morgan fingerprint density at radius 1 is 1.38 bits per heavy atom. The molecule has 0 amide bonds. The molecule has 86 valence electrons. The number of aromatic nitrogens is 2. The Bertz CT molecular complexity index is 551. The maximum Gasteiger partial charge on any atom is 0.178 e. The molecule has 0 atom stereocenters. The van der Waals surface area contributed by atoms with Crippen molar-refractivity contribution >= 4 is 23.3 Å². The van der Waals surface area contributed by atoms with Crippen LogP contribution in [0.5, 0.6) is 0 Å². The minimum atomic E-state index is 0.811. The Kier molecular flexibility index (Phi) is 3.12. The number of benzene rings is 1. The summed E-state index contributed by atoms with van der Waals surface area (Å²) in [5.41, 5.74) is 3.63. The van der Waals surface area contributed by atoms with E-state index in [1.165, 1.54) is 11.1 Å². The molecule has 4 heteroatoms. The molecule has 0 aliphatic carbocycles. The second kappa shape index (κ2) is 4.39. The van der Waals surface area contributed by atoms with Crippen LogP contribution in [0.15, 0.2) is 18.2 Å². The first-order valence-electron chi connectivity index (χ1n) is 5.42. The zero-order valence-corrected chi connectivity index (χ0v) is 10.8. The van der Waals surface area contributed by atoms with Crippen molar-refractivity contribution in [2.75, 3.05) is 20.6 Å². The standard InChI is InChI=1S/C12H17N3S/c1-9-5-4-6-10-11(9)15(12(16)13-10)8-7-14(2)3/h4-6H,7-8H2,1-3H3,(H,13,16). The maximum atomic E-state index is 5.35. The van der Waals surface area contributed by atoms with Crippen LogP contribution in [-0.2, 0) is 6.54 Å². The molecular weight excluding hydrogens is 218 g/mol. The molecule has 0 fully saturated rings. The Balaban J connectivity index is 2.51. The van der Waals surface area contributed by atoms with Gasteiger partial charge in [0, 0.05) is 13.1 Å². The van der Waals surface area contributed by atoms with Gasteiger partial charge in [0.15, 0.2) is 4.77 Å². The zero-order chi connectivity index (χ0) is 11.7. The summed E-state index contributed by atoms with van der Waals surface area (Å²) in [4.78, 5) is 5.42. The molecule has 1 heterocycles. The second-order valence-electron chi connectivity index (χ2n) is 4.36. The van der Waals surface area contributed by atoms with Crippen LogP contribution in [-0.4, -0.2) is 35.1 Å². The van der Waals surface area contributed by atoms with Crippen molar-refractivity contribution in [3.63, 3.8) is 0 Å². The van der Waals surface area contributed by atoms with E-state index in [4.69, 9.17) is 12.2 Å². The molecule has 16 heavy (non-hydrogen) atoms. The molecule has 2 aromatic rings. The first-order chi connectivity index (χ1) is 7.59. The van der Waals surface area contributed by atoms with Crippen LogP contribution in [0.3, 0.4) is 0 Å².